The minimum Gasteiger partial charge on any atom is -0.492 e. The van der Waals surface area contributed by atoms with E-state index < -0.39 is 0 Å². The minimum atomic E-state index is 0.0885. The Morgan fingerprint density at radius 1 is 0.926 bits per heavy atom. The molecular formula is C20H30N4O3. The zero-order valence-electron chi connectivity index (χ0n) is 16.4. The molecule has 7 nitrogen and oxygen atoms in total. The summed E-state index contributed by atoms with van der Waals surface area (Å²) in [6.45, 7) is 10.7. The first-order chi connectivity index (χ1) is 13.1. The molecule has 0 atom stereocenters. The van der Waals surface area contributed by atoms with Crippen LogP contribution in [0, 0.1) is 0 Å². The summed E-state index contributed by atoms with van der Waals surface area (Å²) >= 11 is 0. The monoisotopic (exact) mass is 374 g/mol. The van der Waals surface area contributed by atoms with Crippen molar-refractivity contribution in [1.82, 2.24) is 14.7 Å². The molecule has 148 valence electrons. The van der Waals surface area contributed by atoms with Crippen LogP contribution in [0.3, 0.4) is 0 Å². The predicted molar refractivity (Wildman–Crippen MR) is 105 cm³/mol. The Morgan fingerprint density at radius 3 is 2.19 bits per heavy atom. The van der Waals surface area contributed by atoms with Crippen molar-refractivity contribution in [2.45, 2.75) is 13.8 Å². The molecule has 7 heteroatoms. The van der Waals surface area contributed by atoms with Gasteiger partial charge in [-0.1, -0.05) is 12.1 Å². The third kappa shape index (κ3) is 4.91. The minimum absolute atomic E-state index is 0.0885. The van der Waals surface area contributed by atoms with Crippen molar-refractivity contribution >= 4 is 17.5 Å². The zero-order valence-corrected chi connectivity index (χ0v) is 16.4. The number of carbonyl (C=O) groups is 2. The number of amides is 2. The molecule has 0 unspecified atom stereocenters. The molecule has 3 rings (SSSR count). The largest absolute Gasteiger partial charge is 0.492 e. The maximum Gasteiger partial charge on any atom is 0.236 e. The van der Waals surface area contributed by atoms with Crippen LogP contribution < -0.4 is 9.64 Å². The smallest absolute Gasteiger partial charge is 0.236 e. The second-order valence-corrected chi connectivity index (χ2v) is 7.05. The second-order valence-electron chi connectivity index (χ2n) is 7.05. The maximum atomic E-state index is 12.6. The number of ether oxygens (including phenoxy) is 1. The van der Waals surface area contributed by atoms with Crippen molar-refractivity contribution < 1.29 is 14.3 Å². The average Bonchev–Trinajstić information content (AvgIpc) is 2.69. The molecule has 2 fully saturated rings. The number of nitrogens with zero attached hydrogens (tertiary/aromatic N) is 4. The molecule has 2 aliphatic rings. The third-order valence-electron chi connectivity index (χ3n) is 5.31. The van der Waals surface area contributed by atoms with E-state index in [-0.39, 0.29) is 11.8 Å². The van der Waals surface area contributed by atoms with E-state index in [1.165, 1.54) is 0 Å². The highest BCUT2D eigenvalue weighted by Crippen LogP contribution is 2.28. The summed E-state index contributed by atoms with van der Waals surface area (Å²) in [5.74, 6) is 1.18. The second kappa shape index (κ2) is 9.08. The van der Waals surface area contributed by atoms with Gasteiger partial charge in [0.25, 0.3) is 0 Å². The van der Waals surface area contributed by atoms with E-state index >= 15 is 0 Å². The van der Waals surface area contributed by atoms with Gasteiger partial charge in [-0.3, -0.25) is 14.5 Å². The number of hydrogen-bond acceptors (Lipinski definition) is 5. The number of rotatable bonds is 5. The lowest BCUT2D eigenvalue weighted by atomic mass is 10.2. The van der Waals surface area contributed by atoms with Crippen LogP contribution >= 0.6 is 0 Å². The van der Waals surface area contributed by atoms with Crippen LogP contribution in [0.5, 0.6) is 5.75 Å². The molecule has 2 amide bonds. The van der Waals surface area contributed by atoms with E-state index in [1.54, 1.807) is 11.8 Å². The van der Waals surface area contributed by atoms with Gasteiger partial charge >= 0.3 is 0 Å². The normalized spacial score (nSPS) is 18.5. The highest BCUT2D eigenvalue weighted by molar-refractivity contribution is 5.79. The van der Waals surface area contributed by atoms with Crippen molar-refractivity contribution in [1.29, 1.82) is 0 Å². The zero-order chi connectivity index (χ0) is 19.2. The predicted octanol–water partition coefficient (Wildman–Crippen LogP) is 0.898. The first-order valence-corrected chi connectivity index (χ1v) is 9.81. The van der Waals surface area contributed by atoms with Gasteiger partial charge in [0, 0.05) is 59.3 Å². The fraction of sp³-hybridized carbons (Fsp3) is 0.600. The quantitative estimate of drug-likeness (QED) is 0.766. The molecule has 0 aliphatic carbocycles. The maximum absolute atomic E-state index is 12.6. The first kappa shape index (κ1) is 19.5. The van der Waals surface area contributed by atoms with E-state index in [2.05, 4.69) is 15.9 Å². The summed E-state index contributed by atoms with van der Waals surface area (Å²) in [5.41, 5.74) is 1.13. The van der Waals surface area contributed by atoms with Crippen LogP contribution in [0.15, 0.2) is 24.3 Å². The molecule has 0 N–H and O–H groups in total. The summed E-state index contributed by atoms with van der Waals surface area (Å²) in [4.78, 5) is 32.2. The van der Waals surface area contributed by atoms with E-state index in [1.807, 2.05) is 30.0 Å². The van der Waals surface area contributed by atoms with Crippen molar-refractivity contribution in [3.63, 3.8) is 0 Å². The van der Waals surface area contributed by atoms with Gasteiger partial charge in [0.15, 0.2) is 0 Å². The van der Waals surface area contributed by atoms with Gasteiger partial charge in [0.1, 0.15) is 5.75 Å². The molecule has 0 spiro atoms. The number of hydrogen-bond donors (Lipinski definition) is 0. The number of piperazine rings is 2. The molecule has 0 bridgehead atoms. The Labute approximate surface area is 161 Å². The van der Waals surface area contributed by atoms with Crippen LogP contribution in [0.1, 0.15) is 13.8 Å². The molecule has 2 aliphatic heterocycles. The molecule has 0 radical (unpaired) electrons. The highest BCUT2D eigenvalue weighted by Gasteiger charge is 2.26. The molecule has 2 saturated heterocycles. The summed E-state index contributed by atoms with van der Waals surface area (Å²) in [6, 6.07) is 8.14. The van der Waals surface area contributed by atoms with E-state index in [9.17, 15) is 9.59 Å². The molecule has 0 aromatic heterocycles. The molecule has 2 heterocycles. The Balaban J connectivity index is 1.47. The van der Waals surface area contributed by atoms with Crippen LogP contribution in [-0.2, 0) is 9.59 Å². The number of anilines is 1. The van der Waals surface area contributed by atoms with Crippen LogP contribution in [-0.4, -0.2) is 92.0 Å². The van der Waals surface area contributed by atoms with Crippen molar-refractivity contribution in [2.24, 2.45) is 0 Å². The lowest BCUT2D eigenvalue weighted by Gasteiger charge is -2.38. The van der Waals surface area contributed by atoms with E-state index in [0.717, 1.165) is 37.6 Å². The first-order valence-electron chi connectivity index (χ1n) is 9.81. The average molecular weight is 374 g/mol. The number of benzene rings is 1. The Morgan fingerprint density at radius 2 is 1.56 bits per heavy atom. The van der Waals surface area contributed by atoms with Crippen molar-refractivity contribution in [3.8, 4) is 5.75 Å². The SMILES string of the molecule is CCOc1ccccc1N1CCN(CC(=O)N2CCN(C(C)=O)CC2)CC1. The van der Waals surface area contributed by atoms with E-state index in [4.69, 9.17) is 4.74 Å². The van der Waals surface area contributed by atoms with Gasteiger partial charge in [-0.15, -0.1) is 0 Å². The van der Waals surface area contributed by atoms with Gasteiger partial charge in [0.05, 0.1) is 18.8 Å². The van der Waals surface area contributed by atoms with Crippen LogP contribution in [0.25, 0.3) is 0 Å². The standard InChI is InChI=1S/C20H30N4O3/c1-3-27-19-7-5-4-6-18(19)23-10-8-21(9-11-23)16-20(26)24-14-12-22(13-15-24)17(2)25/h4-7H,3,8-16H2,1-2H3. The topological polar surface area (TPSA) is 56.3 Å². The molecule has 27 heavy (non-hydrogen) atoms. The van der Waals surface area contributed by atoms with Crippen molar-refractivity contribution in [2.75, 3.05) is 70.4 Å². The van der Waals surface area contributed by atoms with Crippen LogP contribution in [0.2, 0.25) is 0 Å². The van der Waals surface area contributed by atoms with Gasteiger partial charge in [-0.25, -0.2) is 0 Å². The Hall–Kier alpha value is -2.28. The van der Waals surface area contributed by atoms with Gasteiger partial charge in [0.2, 0.25) is 11.8 Å². The summed E-state index contributed by atoms with van der Waals surface area (Å²) < 4.78 is 5.74. The van der Waals surface area contributed by atoms with Crippen LogP contribution in [0.4, 0.5) is 5.69 Å². The number of para-hydroxylation sites is 2. The lowest BCUT2D eigenvalue weighted by molar-refractivity contribution is -0.139. The summed E-state index contributed by atoms with van der Waals surface area (Å²) in [7, 11) is 0. The number of carbonyl (C=O) groups excluding carboxylic acids is 2. The third-order valence-corrected chi connectivity index (χ3v) is 5.31. The fourth-order valence-electron chi connectivity index (χ4n) is 3.70. The summed E-state index contributed by atoms with van der Waals surface area (Å²) in [6.07, 6.45) is 0. The Bertz CT molecular complexity index is 650. The highest BCUT2D eigenvalue weighted by atomic mass is 16.5. The molecule has 0 saturated carbocycles. The van der Waals surface area contributed by atoms with E-state index in [0.29, 0.717) is 39.3 Å². The molecule has 1 aromatic carbocycles. The molecular weight excluding hydrogens is 344 g/mol. The fourth-order valence-corrected chi connectivity index (χ4v) is 3.70. The van der Waals surface area contributed by atoms with Gasteiger partial charge in [-0.2, -0.15) is 0 Å². The summed E-state index contributed by atoms with van der Waals surface area (Å²) in [5, 5.41) is 0. The molecule has 1 aromatic rings. The van der Waals surface area contributed by atoms with Gasteiger partial charge in [-0.05, 0) is 19.1 Å². The Kier molecular flexibility index (Phi) is 6.55. The van der Waals surface area contributed by atoms with Gasteiger partial charge < -0.3 is 19.4 Å². The lowest BCUT2D eigenvalue weighted by Crippen LogP contribution is -2.54. The van der Waals surface area contributed by atoms with Crippen molar-refractivity contribution in [3.05, 3.63) is 24.3 Å².